The summed E-state index contributed by atoms with van der Waals surface area (Å²) in [5, 5.41) is 29.6. The third kappa shape index (κ3) is 17.6. The second kappa shape index (κ2) is 20.4. The molecule has 29 heavy (non-hydrogen) atoms. The molecule has 2 N–H and O–H groups in total. The molecule has 0 aromatic rings. The van der Waals surface area contributed by atoms with Crippen LogP contribution in [0.2, 0.25) is 0 Å². The van der Waals surface area contributed by atoms with E-state index in [4.69, 9.17) is 0 Å². The van der Waals surface area contributed by atoms with Gasteiger partial charge in [0.1, 0.15) is 19.6 Å². The van der Waals surface area contributed by atoms with Crippen LogP contribution < -0.4 is 5.11 Å². The topological polar surface area (TPSA) is 80.6 Å². The molecule has 0 unspecified atom stereocenters. The van der Waals surface area contributed by atoms with Gasteiger partial charge in [-0.2, -0.15) is 0 Å². The number of unbranched alkanes of at least 4 members (excludes halogenated alkanes) is 12. The molecule has 0 rings (SSSR count). The first-order chi connectivity index (χ1) is 14.1. The van der Waals surface area contributed by atoms with Crippen molar-refractivity contribution in [2.24, 2.45) is 0 Å². The highest BCUT2D eigenvalue weighted by atomic mass is 16.4. The van der Waals surface area contributed by atoms with Gasteiger partial charge in [0.05, 0.1) is 25.7 Å². The molecule has 0 saturated heterocycles. The molecule has 0 aromatic heterocycles. The monoisotopic (exact) mass is 413 g/mol. The van der Waals surface area contributed by atoms with Crippen molar-refractivity contribution in [2.45, 2.75) is 96.8 Å². The second-order valence-electron chi connectivity index (χ2n) is 8.43. The van der Waals surface area contributed by atoms with Crippen LogP contribution in [-0.2, 0) is 4.79 Å². The number of carboxylic acids is 1. The number of aliphatic carboxylic acids is 1. The van der Waals surface area contributed by atoms with Crippen molar-refractivity contribution >= 4 is 5.97 Å². The Balaban J connectivity index is 3.67. The molecular weight excluding hydrogens is 366 g/mol. The van der Waals surface area contributed by atoms with Gasteiger partial charge in [-0.15, -0.1) is 0 Å². The molecule has 0 radical (unpaired) electrons. The molecule has 0 amide bonds. The predicted molar refractivity (Wildman–Crippen MR) is 118 cm³/mol. The molecule has 5 nitrogen and oxygen atoms in total. The summed E-state index contributed by atoms with van der Waals surface area (Å²) in [5.74, 6) is -1.11. The minimum Gasteiger partial charge on any atom is -0.544 e. The number of quaternary nitrogens is 1. The van der Waals surface area contributed by atoms with Gasteiger partial charge in [0.15, 0.2) is 0 Å². The lowest BCUT2D eigenvalue weighted by atomic mass is 10.1. The number of hydrogen-bond donors (Lipinski definition) is 2. The lowest BCUT2D eigenvalue weighted by Crippen LogP contribution is -2.57. The largest absolute Gasteiger partial charge is 0.544 e. The minimum atomic E-state index is -1.11. The number of carboxylic acid groups (broad SMARTS) is 1. The van der Waals surface area contributed by atoms with E-state index in [1.807, 2.05) is 0 Å². The number of carbonyl (C=O) groups is 1. The second-order valence-corrected chi connectivity index (χ2v) is 8.43. The van der Waals surface area contributed by atoms with Crippen molar-refractivity contribution in [3.8, 4) is 0 Å². The molecule has 0 atom stereocenters. The quantitative estimate of drug-likeness (QED) is 0.161. The van der Waals surface area contributed by atoms with Crippen LogP contribution in [0, 0.1) is 0 Å². The van der Waals surface area contributed by atoms with E-state index in [0.717, 1.165) is 19.3 Å². The highest BCUT2D eigenvalue weighted by Crippen LogP contribution is 2.13. The fourth-order valence-corrected chi connectivity index (χ4v) is 3.97. The molecule has 0 bridgehead atoms. The Morgan fingerprint density at radius 2 is 1.17 bits per heavy atom. The maximum atomic E-state index is 11.0. The van der Waals surface area contributed by atoms with Crippen molar-refractivity contribution in [2.75, 3.05) is 39.4 Å². The zero-order chi connectivity index (χ0) is 21.6. The maximum Gasteiger partial charge on any atom is 0.119 e. The van der Waals surface area contributed by atoms with E-state index in [0.29, 0.717) is 19.6 Å². The van der Waals surface area contributed by atoms with Gasteiger partial charge in [-0.3, -0.25) is 0 Å². The summed E-state index contributed by atoms with van der Waals surface area (Å²) >= 11 is 0. The Bertz CT molecular complexity index is 392. The van der Waals surface area contributed by atoms with E-state index in [1.54, 1.807) is 0 Å². The van der Waals surface area contributed by atoms with E-state index in [9.17, 15) is 20.1 Å². The fourth-order valence-electron chi connectivity index (χ4n) is 3.97. The number of hydrogen-bond acceptors (Lipinski definition) is 4. The summed E-state index contributed by atoms with van der Waals surface area (Å²) in [5.41, 5.74) is 0. The van der Waals surface area contributed by atoms with E-state index < -0.39 is 5.97 Å². The number of rotatable bonds is 22. The molecule has 0 spiro atoms. The van der Waals surface area contributed by atoms with Gasteiger partial charge in [0.25, 0.3) is 0 Å². The zero-order valence-electron chi connectivity index (χ0n) is 19.0. The Labute approximate surface area is 179 Å². The van der Waals surface area contributed by atoms with Crippen LogP contribution in [0.15, 0.2) is 12.2 Å². The standard InChI is InChI=1S/C24H47NO4/c1-2-3-4-5-6-7-8-9-10-11-12-13-14-15-16-17-18-25(19-21-26,20-22-27)23-24(28)29/h9-10,26-27H,2-8,11-23H2,1H3/b10-9-. The van der Waals surface area contributed by atoms with Gasteiger partial charge >= 0.3 is 0 Å². The third-order valence-corrected chi connectivity index (χ3v) is 5.76. The van der Waals surface area contributed by atoms with Crippen molar-refractivity contribution in [3.63, 3.8) is 0 Å². The van der Waals surface area contributed by atoms with Gasteiger partial charge < -0.3 is 24.6 Å². The molecule has 0 aliphatic carbocycles. The smallest absolute Gasteiger partial charge is 0.119 e. The number of aliphatic hydroxyl groups excluding tert-OH is 2. The minimum absolute atomic E-state index is 0.0698. The molecule has 5 heteroatoms. The van der Waals surface area contributed by atoms with Crippen molar-refractivity contribution in [1.29, 1.82) is 0 Å². The summed E-state index contributed by atoms with van der Waals surface area (Å²) in [6, 6.07) is 0. The van der Waals surface area contributed by atoms with Crippen LogP contribution in [0.25, 0.3) is 0 Å². The third-order valence-electron chi connectivity index (χ3n) is 5.76. The van der Waals surface area contributed by atoms with Crippen molar-refractivity contribution < 1.29 is 24.6 Å². The average molecular weight is 414 g/mol. The number of nitrogens with zero attached hydrogens (tertiary/aromatic N) is 1. The lowest BCUT2D eigenvalue weighted by Gasteiger charge is -2.38. The number of aliphatic hydroxyl groups is 2. The van der Waals surface area contributed by atoms with Crippen molar-refractivity contribution in [1.82, 2.24) is 0 Å². The first-order valence-corrected chi connectivity index (χ1v) is 12.0. The Hall–Kier alpha value is -0.910. The first kappa shape index (κ1) is 28.1. The SMILES string of the molecule is CCCCCCCC/C=C\CCCCCCCC[N+](CCO)(CCO)CC(=O)[O-]. The van der Waals surface area contributed by atoms with Gasteiger partial charge in [0.2, 0.25) is 0 Å². The van der Waals surface area contributed by atoms with Crippen molar-refractivity contribution in [3.05, 3.63) is 12.2 Å². The van der Waals surface area contributed by atoms with Crippen LogP contribution >= 0.6 is 0 Å². The van der Waals surface area contributed by atoms with Gasteiger partial charge in [-0.05, 0) is 38.5 Å². The molecule has 0 aliphatic rings. The highest BCUT2D eigenvalue weighted by molar-refractivity contribution is 5.65. The van der Waals surface area contributed by atoms with E-state index in [-0.39, 0.29) is 24.2 Å². The average Bonchev–Trinajstić information content (AvgIpc) is 2.67. The first-order valence-electron chi connectivity index (χ1n) is 12.0. The maximum absolute atomic E-state index is 11.0. The predicted octanol–water partition coefficient (Wildman–Crippen LogP) is 3.58. The molecule has 172 valence electrons. The summed E-state index contributed by atoms with van der Waals surface area (Å²) in [6.07, 6.45) is 22.1. The van der Waals surface area contributed by atoms with E-state index >= 15 is 0 Å². The van der Waals surface area contributed by atoms with Crippen LogP contribution in [0.1, 0.15) is 96.8 Å². The van der Waals surface area contributed by atoms with Gasteiger partial charge in [0, 0.05) is 0 Å². The Morgan fingerprint density at radius 3 is 1.62 bits per heavy atom. The summed E-state index contributed by atoms with van der Waals surface area (Å²) in [6.45, 7) is 3.38. The Kier molecular flexibility index (Phi) is 19.7. The molecular formula is C24H47NO4. The van der Waals surface area contributed by atoms with Crippen LogP contribution in [-0.4, -0.2) is 60.1 Å². The van der Waals surface area contributed by atoms with Crippen LogP contribution in [0.3, 0.4) is 0 Å². The van der Waals surface area contributed by atoms with Crippen LogP contribution in [0.5, 0.6) is 0 Å². The number of carbonyl (C=O) groups excluding carboxylic acids is 1. The van der Waals surface area contributed by atoms with E-state index in [1.165, 1.54) is 70.6 Å². The van der Waals surface area contributed by atoms with Gasteiger partial charge in [-0.1, -0.05) is 70.4 Å². The molecule has 0 saturated carbocycles. The zero-order valence-corrected chi connectivity index (χ0v) is 19.0. The fraction of sp³-hybridized carbons (Fsp3) is 0.875. The normalized spacial score (nSPS) is 12.1. The molecule has 0 aliphatic heterocycles. The number of allylic oxidation sites excluding steroid dienone is 2. The highest BCUT2D eigenvalue weighted by Gasteiger charge is 2.26. The molecule has 0 aromatic carbocycles. The summed E-state index contributed by atoms with van der Waals surface area (Å²) < 4.78 is 0.221. The summed E-state index contributed by atoms with van der Waals surface area (Å²) in [4.78, 5) is 11.0. The Morgan fingerprint density at radius 1 is 0.724 bits per heavy atom. The lowest BCUT2D eigenvalue weighted by molar-refractivity contribution is -0.923. The summed E-state index contributed by atoms with van der Waals surface area (Å²) in [7, 11) is 0. The van der Waals surface area contributed by atoms with Crippen LogP contribution in [0.4, 0.5) is 0 Å². The molecule has 0 fully saturated rings. The molecule has 0 heterocycles. The van der Waals surface area contributed by atoms with Gasteiger partial charge in [-0.25, -0.2) is 0 Å². The van der Waals surface area contributed by atoms with E-state index in [2.05, 4.69) is 19.1 Å².